The molecule has 13 heavy (non-hydrogen) atoms. The van der Waals surface area contributed by atoms with Gasteiger partial charge >= 0.3 is 0 Å². The quantitative estimate of drug-likeness (QED) is 0.207. The minimum absolute atomic E-state index is 0.284. The Morgan fingerprint density at radius 2 is 2.31 bits per heavy atom. The Hall–Kier alpha value is -0.810. The Kier molecular flexibility index (Phi) is 4.56. The zero-order valence-electron chi connectivity index (χ0n) is 7.61. The molecule has 0 spiro atoms. The summed E-state index contributed by atoms with van der Waals surface area (Å²) in [4.78, 5) is 0. The van der Waals surface area contributed by atoms with E-state index in [1.54, 1.807) is 0 Å². The van der Waals surface area contributed by atoms with E-state index in [0.717, 1.165) is 32.7 Å². The topological polar surface area (TPSA) is 77.1 Å². The number of amidine groups is 1. The van der Waals surface area contributed by atoms with Gasteiger partial charge in [-0.25, -0.2) is 0 Å². The summed E-state index contributed by atoms with van der Waals surface area (Å²) in [6, 6.07) is 0. The normalized spacial score (nSPS) is 18.6. The lowest BCUT2D eigenvalue weighted by Gasteiger charge is -2.25. The zero-order valence-corrected chi connectivity index (χ0v) is 7.61. The predicted octanol–water partition coefficient (Wildman–Crippen LogP) is 0.318. The Balaban J connectivity index is 1.83. The van der Waals surface area contributed by atoms with Gasteiger partial charge in [0.05, 0.1) is 13.2 Å². The van der Waals surface area contributed by atoms with E-state index in [1.165, 1.54) is 0 Å². The summed E-state index contributed by atoms with van der Waals surface area (Å²) in [5, 5.41) is 11.1. The SMILES string of the molecule is NC(CCCCOC1COC1)=NO. The third-order valence-electron chi connectivity index (χ3n) is 1.92. The van der Waals surface area contributed by atoms with E-state index >= 15 is 0 Å². The molecular weight excluding hydrogens is 172 g/mol. The monoisotopic (exact) mass is 188 g/mol. The van der Waals surface area contributed by atoms with Crippen molar-refractivity contribution in [3.05, 3.63) is 0 Å². The van der Waals surface area contributed by atoms with E-state index in [0.29, 0.717) is 12.5 Å². The van der Waals surface area contributed by atoms with Crippen molar-refractivity contribution in [3.8, 4) is 0 Å². The summed E-state index contributed by atoms with van der Waals surface area (Å²) in [6.45, 7) is 2.17. The summed E-state index contributed by atoms with van der Waals surface area (Å²) in [5.74, 6) is 0.284. The number of hydrogen-bond donors (Lipinski definition) is 2. The van der Waals surface area contributed by atoms with Crippen LogP contribution < -0.4 is 5.73 Å². The molecule has 1 heterocycles. The van der Waals surface area contributed by atoms with E-state index in [9.17, 15) is 0 Å². The molecule has 0 radical (unpaired) electrons. The zero-order chi connectivity index (χ0) is 9.52. The summed E-state index contributed by atoms with van der Waals surface area (Å²) in [7, 11) is 0. The minimum atomic E-state index is 0.284. The molecule has 0 aromatic rings. The molecule has 0 saturated carbocycles. The molecule has 0 unspecified atom stereocenters. The smallest absolute Gasteiger partial charge is 0.139 e. The van der Waals surface area contributed by atoms with E-state index in [2.05, 4.69) is 5.16 Å². The first-order valence-electron chi connectivity index (χ1n) is 4.48. The maximum absolute atomic E-state index is 8.24. The van der Waals surface area contributed by atoms with Crippen LogP contribution in [0.2, 0.25) is 0 Å². The molecule has 5 nitrogen and oxygen atoms in total. The van der Waals surface area contributed by atoms with Crippen LogP contribution in [0.1, 0.15) is 19.3 Å². The van der Waals surface area contributed by atoms with Crippen molar-refractivity contribution < 1.29 is 14.7 Å². The van der Waals surface area contributed by atoms with Gasteiger partial charge in [-0.05, 0) is 12.8 Å². The first-order valence-corrected chi connectivity index (χ1v) is 4.48. The molecule has 0 bridgehead atoms. The van der Waals surface area contributed by atoms with E-state index < -0.39 is 0 Å². The van der Waals surface area contributed by atoms with E-state index in [4.69, 9.17) is 20.4 Å². The highest BCUT2D eigenvalue weighted by molar-refractivity contribution is 5.79. The molecule has 1 saturated heterocycles. The Labute approximate surface area is 77.5 Å². The van der Waals surface area contributed by atoms with Crippen LogP contribution in [-0.2, 0) is 9.47 Å². The minimum Gasteiger partial charge on any atom is -0.409 e. The van der Waals surface area contributed by atoms with Crippen molar-refractivity contribution in [3.63, 3.8) is 0 Å². The molecule has 1 aliphatic rings. The fourth-order valence-electron chi connectivity index (χ4n) is 1.02. The van der Waals surface area contributed by atoms with Gasteiger partial charge in [-0.15, -0.1) is 0 Å². The second-order valence-electron chi connectivity index (χ2n) is 3.08. The summed E-state index contributed by atoms with van der Waals surface area (Å²) in [5.41, 5.74) is 5.29. The molecular formula is C8H16N2O3. The highest BCUT2D eigenvalue weighted by atomic mass is 16.6. The van der Waals surface area contributed by atoms with Crippen LogP contribution in [0.5, 0.6) is 0 Å². The second kappa shape index (κ2) is 5.77. The largest absolute Gasteiger partial charge is 0.409 e. The Morgan fingerprint density at radius 3 is 2.85 bits per heavy atom. The first-order chi connectivity index (χ1) is 6.33. The molecule has 1 rings (SSSR count). The number of ether oxygens (including phenoxy) is 2. The maximum Gasteiger partial charge on any atom is 0.139 e. The van der Waals surface area contributed by atoms with Crippen LogP contribution in [-0.4, -0.2) is 37.0 Å². The number of rotatable bonds is 6. The highest BCUT2D eigenvalue weighted by Crippen LogP contribution is 2.06. The van der Waals surface area contributed by atoms with Crippen molar-refractivity contribution in [2.45, 2.75) is 25.4 Å². The summed E-state index contributed by atoms with van der Waals surface area (Å²) in [6.07, 6.45) is 2.75. The van der Waals surface area contributed by atoms with Gasteiger partial charge in [0.1, 0.15) is 11.9 Å². The van der Waals surface area contributed by atoms with Crippen LogP contribution >= 0.6 is 0 Å². The average Bonchev–Trinajstić information content (AvgIpc) is 2.07. The number of nitrogens with zero attached hydrogens (tertiary/aromatic N) is 1. The van der Waals surface area contributed by atoms with Gasteiger partial charge in [0.25, 0.3) is 0 Å². The van der Waals surface area contributed by atoms with Crippen LogP contribution in [0, 0.1) is 0 Å². The van der Waals surface area contributed by atoms with E-state index in [1.807, 2.05) is 0 Å². The summed E-state index contributed by atoms with van der Waals surface area (Å²) >= 11 is 0. The molecule has 1 fully saturated rings. The lowest BCUT2D eigenvalue weighted by molar-refractivity contribution is -0.129. The van der Waals surface area contributed by atoms with Gasteiger partial charge in [-0.1, -0.05) is 5.16 Å². The fraction of sp³-hybridized carbons (Fsp3) is 0.875. The van der Waals surface area contributed by atoms with Crippen molar-refractivity contribution in [1.82, 2.24) is 0 Å². The van der Waals surface area contributed by atoms with Gasteiger partial charge in [-0.3, -0.25) is 0 Å². The van der Waals surface area contributed by atoms with Crippen molar-refractivity contribution in [2.24, 2.45) is 10.9 Å². The van der Waals surface area contributed by atoms with Crippen LogP contribution in [0.15, 0.2) is 5.16 Å². The number of oxime groups is 1. The standard InChI is InChI=1S/C8H16N2O3/c9-8(10-11)3-1-2-4-13-7-5-12-6-7/h7,11H,1-6H2,(H2,9,10). The molecule has 76 valence electrons. The average molecular weight is 188 g/mol. The third-order valence-corrected chi connectivity index (χ3v) is 1.92. The second-order valence-corrected chi connectivity index (χ2v) is 3.08. The Bertz CT molecular complexity index is 169. The first kappa shape index (κ1) is 10.3. The number of nitrogens with two attached hydrogens (primary N) is 1. The van der Waals surface area contributed by atoms with Gasteiger partial charge in [0.15, 0.2) is 0 Å². The van der Waals surface area contributed by atoms with Crippen LogP contribution in [0.4, 0.5) is 0 Å². The van der Waals surface area contributed by atoms with Crippen molar-refractivity contribution in [1.29, 1.82) is 0 Å². The van der Waals surface area contributed by atoms with Crippen LogP contribution in [0.25, 0.3) is 0 Å². The molecule has 0 aliphatic carbocycles. The van der Waals surface area contributed by atoms with E-state index in [-0.39, 0.29) is 5.84 Å². The Morgan fingerprint density at radius 1 is 1.54 bits per heavy atom. The molecule has 0 atom stereocenters. The third kappa shape index (κ3) is 4.10. The van der Waals surface area contributed by atoms with Crippen molar-refractivity contribution in [2.75, 3.05) is 19.8 Å². The number of hydrogen-bond acceptors (Lipinski definition) is 4. The highest BCUT2D eigenvalue weighted by Gasteiger charge is 2.17. The van der Waals surface area contributed by atoms with Gasteiger partial charge in [0, 0.05) is 13.0 Å². The predicted molar refractivity (Wildman–Crippen MR) is 47.8 cm³/mol. The van der Waals surface area contributed by atoms with Crippen molar-refractivity contribution >= 4 is 5.84 Å². The van der Waals surface area contributed by atoms with Gasteiger partial charge < -0.3 is 20.4 Å². The molecule has 0 aromatic heterocycles. The number of unbranched alkanes of at least 4 members (excludes halogenated alkanes) is 1. The van der Waals surface area contributed by atoms with Crippen LogP contribution in [0.3, 0.4) is 0 Å². The fourth-order valence-corrected chi connectivity index (χ4v) is 1.02. The summed E-state index contributed by atoms with van der Waals surface area (Å²) < 4.78 is 10.4. The molecule has 5 heteroatoms. The molecule has 0 aromatic carbocycles. The molecule has 3 N–H and O–H groups in total. The van der Waals surface area contributed by atoms with Gasteiger partial charge in [-0.2, -0.15) is 0 Å². The van der Waals surface area contributed by atoms with Gasteiger partial charge in [0.2, 0.25) is 0 Å². The lowest BCUT2D eigenvalue weighted by Crippen LogP contribution is -2.36. The molecule has 0 amide bonds. The maximum atomic E-state index is 8.24. The molecule has 1 aliphatic heterocycles. The lowest BCUT2D eigenvalue weighted by atomic mass is 10.2.